The molecule has 2 aliphatic rings. The molecule has 0 radical (unpaired) electrons. The van der Waals surface area contributed by atoms with Gasteiger partial charge in [-0.15, -0.1) is 0 Å². The zero-order valence-electron chi connectivity index (χ0n) is 15.9. The van der Waals surface area contributed by atoms with Crippen LogP contribution in [0.1, 0.15) is 23.6 Å². The first-order chi connectivity index (χ1) is 13.6. The van der Waals surface area contributed by atoms with E-state index in [-0.39, 0.29) is 12.0 Å². The summed E-state index contributed by atoms with van der Waals surface area (Å²) < 4.78 is 11.4. The Bertz CT molecular complexity index is 920. The van der Waals surface area contributed by atoms with Gasteiger partial charge in [0.1, 0.15) is 18.1 Å². The fourth-order valence-electron chi connectivity index (χ4n) is 3.58. The molecule has 5 heteroatoms. The molecule has 1 atom stereocenters. The average Bonchev–Trinajstić information content (AvgIpc) is 2.66. The molecule has 1 fully saturated rings. The van der Waals surface area contributed by atoms with Crippen LogP contribution >= 0.6 is 0 Å². The van der Waals surface area contributed by atoms with Crippen LogP contribution in [0.25, 0.3) is 0 Å². The quantitative estimate of drug-likeness (QED) is 0.831. The second-order valence-corrected chi connectivity index (χ2v) is 7.19. The second kappa shape index (κ2) is 7.95. The van der Waals surface area contributed by atoms with E-state index in [0.29, 0.717) is 26.3 Å². The molecule has 2 aromatic carbocycles. The van der Waals surface area contributed by atoms with Crippen molar-refractivity contribution in [2.45, 2.75) is 19.4 Å². The third-order valence-electron chi connectivity index (χ3n) is 5.25. The highest BCUT2D eigenvalue weighted by Crippen LogP contribution is 2.30. The van der Waals surface area contributed by atoms with E-state index in [0.717, 1.165) is 34.6 Å². The maximum atomic E-state index is 11.0. The van der Waals surface area contributed by atoms with E-state index in [4.69, 9.17) is 14.6 Å². The first kappa shape index (κ1) is 18.4. The predicted molar refractivity (Wildman–Crippen MR) is 106 cm³/mol. The van der Waals surface area contributed by atoms with Crippen molar-refractivity contribution >= 4 is 5.97 Å². The van der Waals surface area contributed by atoms with Crippen molar-refractivity contribution in [3.8, 4) is 23.3 Å². The molecule has 1 unspecified atom stereocenters. The van der Waals surface area contributed by atoms with Crippen molar-refractivity contribution in [2.24, 2.45) is 5.92 Å². The molecule has 0 aliphatic carbocycles. The normalized spacial score (nSPS) is 18.8. The lowest BCUT2D eigenvalue weighted by Crippen LogP contribution is -2.57. The third-order valence-corrected chi connectivity index (χ3v) is 5.25. The van der Waals surface area contributed by atoms with Gasteiger partial charge < -0.3 is 14.6 Å². The van der Waals surface area contributed by atoms with Gasteiger partial charge in [0.2, 0.25) is 0 Å². The highest BCUT2D eigenvalue weighted by molar-refractivity contribution is 5.71. The highest BCUT2D eigenvalue weighted by Gasteiger charge is 2.38. The number of hydrogen-bond acceptors (Lipinski definition) is 4. The summed E-state index contributed by atoms with van der Waals surface area (Å²) in [5.74, 6) is 7.15. The third kappa shape index (κ3) is 3.97. The van der Waals surface area contributed by atoms with Gasteiger partial charge in [0, 0.05) is 30.3 Å². The van der Waals surface area contributed by atoms with E-state index in [1.807, 2.05) is 43.3 Å². The average molecular weight is 377 g/mol. The van der Waals surface area contributed by atoms with E-state index >= 15 is 0 Å². The van der Waals surface area contributed by atoms with E-state index in [9.17, 15) is 4.79 Å². The number of benzene rings is 2. The summed E-state index contributed by atoms with van der Waals surface area (Å²) >= 11 is 0. The molecule has 1 N–H and O–H groups in total. The fraction of sp³-hybridized carbons (Fsp3) is 0.348. The van der Waals surface area contributed by atoms with Crippen molar-refractivity contribution < 1.29 is 19.4 Å². The standard InChI is InChI=1S/C23H23NO4/c1-2-27-21-9-6-16(7-10-21)3-4-17-5-8-18-12-20(15-28-22(18)11-17)24-13-19(14-24)23(25)26/h5-11,19-20H,2,12-15H2,1H3,(H,25,26). The number of carboxylic acid groups (broad SMARTS) is 1. The Morgan fingerprint density at radius 2 is 1.89 bits per heavy atom. The topological polar surface area (TPSA) is 59.0 Å². The first-order valence-electron chi connectivity index (χ1n) is 9.60. The number of rotatable bonds is 4. The number of hydrogen-bond donors (Lipinski definition) is 1. The molecule has 0 saturated carbocycles. The van der Waals surface area contributed by atoms with Crippen molar-refractivity contribution in [1.82, 2.24) is 4.90 Å². The summed E-state index contributed by atoms with van der Waals surface area (Å²) in [4.78, 5) is 13.2. The Hall–Kier alpha value is -2.97. The van der Waals surface area contributed by atoms with Gasteiger partial charge in [0.05, 0.1) is 12.5 Å². The van der Waals surface area contributed by atoms with Gasteiger partial charge in [-0.3, -0.25) is 9.69 Å². The van der Waals surface area contributed by atoms with Crippen LogP contribution in [0, 0.1) is 17.8 Å². The molecule has 144 valence electrons. The number of ether oxygens (including phenoxy) is 2. The first-order valence-corrected chi connectivity index (χ1v) is 9.60. The zero-order chi connectivity index (χ0) is 19.5. The van der Waals surface area contributed by atoms with Gasteiger partial charge in [0.25, 0.3) is 0 Å². The van der Waals surface area contributed by atoms with E-state index in [1.54, 1.807) is 0 Å². The molecule has 5 nitrogen and oxygen atoms in total. The van der Waals surface area contributed by atoms with Crippen LogP contribution in [-0.2, 0) is 11.2 Å². The molecule has 2 aliphatic heterocycles. The van der Waals surface area contributed by atoms with Crippen LogP contribution in [0.2, 0.25) is 0 Å². The predicted octanol–water partition coefficient (Wildman–Crippen LogP) is 2.81. The maximum Gasteiger partial charge on any atom is 0.309 e. The van der Waals surface area contributed by atoms with Crippen LogP contribution in [-0.4, -0.2) is 48.3 Å². The molecule has 0 spiro atoms. The largest absolute Gasteiger partial charge is 0.494 e. The summed E-state index contributed by atoms with van der Waals surface area (Å²) in [7, 11) is 0. The molecule has 2 aromatic rings. The van der Waals surface area contributed by atoms with Gasteiger partial charge in [-0.1, -0.05) is 17.9 Å². The lowest BCUT2D eigenvalue weighted by molar-refractivity contribution is -0.149. The van der Waals surface area contributed by atoms with Crippen molar-refractivity contribution in [3.63, 3.8) is 0 Å². The molecule has 4 rings (SSSR count). The Morgan fingerprint density at radius 3 is 2.61 bits per heavy atom. The molecule has 0 amide bonds. The molecule has 2 heterocycles. The van der Waals surface area contributed by atoms with Crippen molar-refractivity contribution in [3.05, 3.63) is 59.2 Å². The van der Waals surface area contributed by atoms with Crippen LogP contribution in [0.15, 0.2) is 42.5 Å². The van der Waals surface area contributed by atoms with Crippen molar-refractivity contribution in [2.75, 3.05) is 26.3 Å². The summed E-state index contributed by atoms with van der Waals surface area (Å²) in [6.07, 6.45) is 0.883. The monoisotopic (exact) mass is 377 g/mol. The lowest BCUT2D eigenvalue weighted by atomic mass is 9.93. The minimum absolute atomic E-state index is 0.235. The number of likely N-dealkylation sites (tertiary alicyclic amines) is 1. The summed E-state index contributed by atoms with van der Waals surface area (Å²) in [6.45, 7) is 4.44. The Kier molecular flexibility index (Phi) is 5.23. The van der Waals surface area contributed by atoms with Crippen LogP contribution in [0.4, 0.5) is 0 Å². The minimum atomic E-state index is -0.705. The smallest absolute Gasteiger partial charge is 0.309 e. The molecule has 1 saturated heterocycles. The highest BCUT2D eigenvalue weighted by atomic mass is 16.5. The lowest BCUT2D eigenvalue weighted by Gasteiger charge is -2.43. The number of carboxylic acids is 1. The van der Waals surface area contributed by atoms with Gasteiger partial charge in [0.15, 0.2) is 0 Å². The second-order valence-electron chi connectivity index (χ2n) is 7.19. The van der Waals surface area contributed by atoms with Gasteiger partial charge in [-0.2, -0.15) is 0 Å². The molecular formula is C23H23NO4. The Labute approximate surface area is 164 Å². The van der Waals surface area contributed by atoms with E-state index < -0.39 is 5.97 Å². The minimum Gasteiger partial charge on any atom is -0.494 e. The number of nitrogens with zero attached hydrogens (tertiary/aromatic N) is 1. The molecule has 0 bridgehead atoms. The van der Waals surface area contributed by atoms with Gasteiger partial charge in [-0.25, -0.2) is 0 Å². The summed E-state index contributed by atoms with van der Waals surface area (Å²) in [5, 5.41) is 9.03. The SMILES string of the molecule is CCOc1ccc(C#Cc2ccc3c(c2)OCC(N2CC(C(=O)O)C2)C3)cc1. The zero-order valence-corrected chi connectivity index (χ0v) is 15.9. The van der Waals surface area contributed by atoms with Crippen LogP contribution in [0.3, 0.4) is 0 Å². The molecule has 28 heavy (non-hydrogen) atoms. The van der Waals surface area contributed by atoms with Gasteiger partial charge >= 0.3 is 5.97 Å². The van der Waals surface area contributed by atoms with Crippen molar-refractivity contribution in [1.29, 1.82) is 0 Å². The van der Waals surface area contributed by atoms with E-state index in [1.165, 1.54) is 0 Å². The number of aliphatic carboxylic acids is 1. The summed E-state index contributed by atoms with van der Waals surface area (Å²) in [6, 6.07) is 14.1. The maximum absolute atomic E-state index is 11.0. The van der Waals surface area contributed by atoms with Crippen LogP contribution < -0.4 is 9.47 Å². The van der Waals surface area contributed by atoms with Gasteiger partial charge in [-0.05, 0) is 55.3 Å². The molecular weight excluding hydrogens is 354 g/mol. The van der Waals surface area contributed by atoms with E-state index in [2.05, 4.69) is 22.8 Å². The molecule has 0 aromatic heterocycles. The fourth-order valence-corrected chi connectivity index (χ4v) is 3.58. The number of carbonyl (C=O) groups is 1. The summed E-state index contributed by atoms with van der Waals surface area (Å²) in [5.41, 5.74) is 3.01. The number of fused-ring (bicyclic) bond motifs is 1. The Morgan fingerprint density at radius 1 is 1.18 bits per heavy atom. The van der Waals surface area contributed by atoms with Crippen LogP contribution in [0.5, 0.6) is 11.5 Å². The Balaban J connectivity index is 1.40.